The van der Waals surface area contributed by atoms with Gasteiger partial charge in [0.2, 0.25) is 0 Å². The molecule has 1 aromatic carbocycles. The minimum atomic E-state index is -3.35. The Hall–Kier alpha value is -3.01. The molecular weight excluding hydrogens is 416 g/mol. The lowest BCUT2D eigenvalue weighted by Gasteiger charge is -2.43. The molecule has 10 nitrogen and oxygen atoms in total. The Kier molecular flexibility index (Phi) is 6.05. The molecule has 1 N–H and O–H groups in total. The van der Waals surface area contributed by atoms with E-state index in [1.54, 1.807) is 35.3 Å². The number of esters is 1. The number of aliphatic carboxylic acids is 1. The maximum Gasteiger partial charge on any atom is 0.330 e. The number of nitroso groups, excluding NO2 is 1. The van der Waals surface area contributed by atoms with Gasteiger partial charge in [-0.1, -0.05) is 30.3 Å². The van der Waals surface area contributed by atoms with Gasteiger partial charge in [-0.25, -0.2) is 19.6 Å². The largest absolute Gasteiger partial charge is 0.480 e. The molecule has 174 valence electrons. The Bertz CT molecular complexity index is 996. The lowest BCUT2D eigenvalue weighted by molar-refractivity contribution is -0.177. The summed E-state index contributed by atoms with van der Waals surface area (Å²) in [6, 6.07) is 4.78. The fourth-order valence-electron chi connectivity index (χ4n) is 4.38. The van der Waals surface area contributed by atoms with Crippen molar-refractivity contribution < 1.29 is 31.1 Å². The minimum Gasteiger partial charge on any atom is -0.480 e. The molecule has 0 aromatic heterocycles. The summed E-state index contributed by atoms with van der Waals surface area (Å²) in [6.45, 7) is -5.84. The van der Waals surface area contributed by atoms with Gasteiger partial charge in [-0.3, -0.25) is 9.80 Å². The molecule has 3 rings (SSSR count). The van der Waals surface area contributed by atoms with Crippen molar-refractivity contribution in [2.24, 2.45) is 5.29 Å². The average Bonchev–Trinajstić information content (AvgIpc) is 3.00. The Balaban J connectivity index is 1.94. The Morgan fingerprint density at radius 1 is 1.31 bits per heavy atom. The van der Waals surface area contributed by atoms with E-state index >= 15 is 0 Å². The van der Waals surface area contributed by atoms with Crippen molar-refractivity contribution in [3.8, 4) is 0 Å². The predicted octanol–water partition coefficient (Wildman–Crippen LogP) is 1.99. The molecule has 2 aliphatic rings. The van der Waals surface area contributed by atoms with Gasteiger partial charge in [-0.15, -0.1) is 4.91 Å². The number of hydrazine groups is 1. The summed E-state index contributed by atoms with van der Waals surface area (Å²) in [7, 11) is 0. The zero-order valence-corrected chi connectivity index (χ0v) is 17.6. The lowest BCUT2D eigenvalue weighted by Crippen LogP contribution is -2.61. The van der Waals surface area contributed by atoms with Gasteiger partial charge in [-0.05, 0) is 50.9 Å². The van der Waals surface area contributed by atoms with Gasteiger partial charge in [0.15, 0.2) is 0 Å². The minimum absolute atomic E-state index is 0.0746. The summed E-state index contributed by atoms with van der Waals surface area (Å²) in [5.41, 5.74) is 0.769. The molecule has 2 aliphatic heterocycles. The van der Waals surface area contributed by atoms with Crippen LogP contribution in [0.1, 0.15) is 51.4 Å². The molecule has 0 spiro atoms. The average molecular weight is 452 g/mol. The quantitative estimate of drug-likeness (QED) is 0.344. The Morgan fingerprint density at radius 2 is 2.03 bits per heavy atom. The highest BCUT2D eigenvalue weighted by molar-refractivity contribution is 5.87. The zero-order chi connectivity index (χ0) is 27.4. The molecular formula is C22H30N4O6. The molecule has 3 atom stereocenters. The van der Waals surface area contributed by atoms with E-state index in [1.165, 1.54) is 0 Å². The van der Waals surface area contributed by atoms with Crippen LogP contribution in [0.25, 0.3) is 0 Å². The number of carboxylic acids is 1. The number of nitrogens with zero attached hydrogens (tertiary/aromatic N) is 4. The second-order valence-corrected chi connectivity index (χ2v) is 7.82. The highest BCUT2D eigenvalue weighted by atomic mass is 16.5. The van der Waals surface area contributed by atoms with Crippen LogP contribution in [0, 0.1) is 4.91 Å². The Labute approximate surface area is 194 Å². The molecule has 2 fully saturated rings. The van der Waals surface area contributed by atoms with Crippen molar-refractivity contribution in [3.63, 3.8) is 0 Å². The summed E-state index contributed by atoms with van der Waals surface area (Å²) >= 11 is 0. The SMILES string of the molecule is [2H]C([2H])([2H])C([2H])([2H])OC(=O)C(CCc1ccccc1)N(N=O)[C@H]1CCCN2CCC[C@@H](C(=O)O)N2C1=O. The molecule has 0 aliphatic carbocycles. The number of benzene rings is 1. The van der Waals surface area contributed by atoms with E-state index in [0.717, 1.165) is 10.6 Å². The monoisotopic (exact) mass is 451 g/mol. The fraction of sp³-hybridized carbons (Fsp3) is 0.591. The maximum absolute atomic E-state index is 13.6. The molecule has 0 saturated carbocycles. The fourth-order valence-corrected chi connectivity index (χ4v) is 4.38. The summed E-state index contributed by atoms with van der Waals surface area (Å²) in [6.07, 6.45) is 1.32. The number of amides is 1. The summed E-state index contributed by atoms with van der Waals surface area (Å²) < 4.78 is 42.1. The first-order valence-electron chi connectivity index (χ1n) is 13.1. The van der Waals surface area contributed by atoms with E-state index in [1.807, 2.05) is 0 Å². The van der Waals surface area contributed by atoms with E-state index in [0.29, 0.717) is 30.9 Å². The summed E-state index contributed by atoms with van der Waals surface area (Å²) in [5, 5.41) is 16.1. The third-order valence-electron chi connectivity index (χ3n) is 5.89. The number of fused-ring (bicyclic) bond motifs is 1. The highest BCUT2D eigenvalue weighted by Crippen LogP contribution is 2.28. The van der Waals surface area contributed by atoms with Crippen LogP contribution in [-0.4, -0.2) is 75.8 Å². The maximum atomic E-state index is 13.6. The van der Waals surface area contributed by atoms with Crippen molar-refractivity contribution in [2.75, 3.05) is 19.6 Å². The van der Waals surface area contributed by atoms with Crippen LogP contribution in [0.4, 0.5) is 0 Å². The number of ether oxygens (including phenoxy) is 1. The molecule has 2 saturated heterocycles. The number of carboxylic acid groups (broad SMARTS) is 1. The second kappa shape index (κ2) is 11.0. The van der Waals surface area contributed by atoms with Gasteiger partial charge in [0.05, 0.1) is 14.6 Å². The standard InChI is InChI=1S/C22H30N4O6/c1-2-32-22(30)19(13-12-16-8-4-3-5-9-16)25(23-31)17-10-6-14-24-15-7-11-18(21(28)29)26(24)20(17)27/h3-5,8-9,17-19H,2,6-7,10-15H2,1H3,(H,28,29)/t17-,18-,19?/m0/s1/i1D3,2D2. The van der Waals surface area contributed by atoms with Gasteiger partial charge >= 0.3 is 11.9 Å². The molecule has 1 aromatic rings. The topological polar surface area (TPSA) is 120 Å². The van der Waals surface area contributed by atoms with Crippen LogP contribution in [0.3, 0.4) is 0 Å². The number of hydrogen-bond donors (Lipinski definition) is 1. The molecule has 0 bridgehead atoms. The van der Waals surface area contributed by atoms with Crippen LogP contribution in [0.15, 0.2) is 35.6 Å². The lowest BCUT2D eigenvalue weighted by atomic mass is 10.0. The van der Waals surface area contributed by atoms with E-state index < -0.39 is 49.4 Å². The second-order valence-electron chi connectivity index (χ2n) is 7.82. The summed E-state index contributed by atoms with van der Waals surface area (Å²) in [5.74, 6) is -3.28. The number of hydrogen-bond acceptors (Lipinski definition) is 7. The van der Waals surface area contributed by atoms with Gasteiger partial charge < -0.3 is 9.84 Å². The van der Waals surface area contributed by atoms with Crippen LogP contribution >= 0.6 is 0 Å². The van der Waals surface area contributed by atoms with Crippen LogP contribution in [0.2, 0.25) is 0 Å². The van der Waals surface area contributed by atoms with Crippen molar-refractivity contribution in [3.05, 3.63) is 40.8 Å². The zero-order valence-electron chi connectivity index (χ0n) is 22.6. The predicted molar refractivity (Wildman–Crippen MR) is 115 cm³/mol. The smallest absolute Gasteiger partial charge is 0.330 e. The number of carbonyl (C=O) groups excluding carboxylic acids is 2. The number of aryl methyl sites for hydroxylation is 1. The first-order valence-corrected chi connectivity index (χ1v) is 10.6. The number of carbonyl (C=O) groups is 3. The first kappa shape index (κ1) is 17.5. The van der Waals surface area contributed by atoms with Crippen molar-refractivity contribution in [1.82, 2.24) is 15.0 Å². The third kappa shape index (κ3) is 5.24. The molecule has 32 heavy (non-hydrogen) atoms. The van der Waals surface area contributed by atoms with Gasteiger partial charge in [0.1, 0.15) is 18.1 Å². The van der Waals surface area contributed by atoms with Gasteiger partial charge in [0, 0.05) is 17.2 Å². The summed E-state index contributed by atoms with van der Waals surface area (Å²) in [4.78, 5) is 50.7. The Morgan fingerprint density at radius 3 is 2.69 bits per heavy atom. The van der Waals surface area contributed by atoms with Gasteiger partial charge in [-0.2, -0.15) is 0 Å². The van der Waals surface area contributed by atoms with E-state index in [4.69, 9.17) is 11.6 Å². The molecule has 0 radical (unpaired) electrons. The molecule has 1 amide bonds. The van der Waals surface area contributed by atoms with Gasteiger partial charge in [0.25, 0.3) is 5.91 Å². The van der Waals surface area contributed by atoms with Crippen molar-refractivity contribution >= 4 is 17.8 Å². The molecule has 2 heterocycles. The normalized spacial score (nSPS) is 25.6. The molecule has 10 heteroatoms. The van der Waals surface area contributed by atoms with E-state index in [2.05, 4.69) is 5.29 Å². The first-order chi connectivity index (χ1) is 17.4. The molecule has 1 unspecified atom stereocenters. The van der Waals surface area contributed by atoms with Crippen LogP contribution in [-0.2, 0) is 25.5 Å². The number of rotatable bonds is 9. The highest BCUT2D eigenvalue weighted by Gasteiger charge is 2.46. The van der Waals surface area contributed by atoms with Crippen molar-refractivity contribution in [2.45, 2.75) is 63.5 Å². The van der Waals surface area contributed by atoms with E-state index in [9.17, 15) is 24.4 Å². The third-order valence-corrected chi connectivity index (χ3v) is 5.89. The van der Waals surface area contributed by atoms with Crippen molar-refractivity contribution in [1.29, 1.82) is 0 Å². The van der Waals surface area contributed by atoms with Crippen LogP contribution in [0.5, 0.6) is 0 Å². The van der Waals surface area contributed by atoms with Crippen LogP contribution < -0.4 is 0 Å². The van der Waals surface area contributed by atoms with E-state index in [-0.39, 0.29) is 25.7 Å².